The molecule has 0 unspecified atom stereocenters. The lowest BCUT2D eigenvalue weighted by atomic mass is 9.78. The van der Waals surface area contributed by atoms with Crippen LogP contribution in [0, 0.1) is 22.7 Å². The second kappa shape index (κ2) is 6.12. The van der Waals surface area contributed by atoms with E-state index < -0.39 is 0 Å². The molecule has 0 saturated carbocycles. The van der Waals surface area contributed by atoms with Crippen molar-refractivity contribution in [3.63, 3.8) is 0 Å². The molecule has 1 heterocycles. The summed E-state index contributed by atoms with van der Waals surface area (Å²) in [6, 6.07) is 12.1. The Morgan fingerprint density at radius 1 is 0.955 bits per heavy atom. The number of nitrogens with zero attached hydrogens (tertiary/aromatic N) is 2. The van der Waals surface area contributed by atoms with Gasteiger partial charge < -0.3 is 9.31 Å². The quantitative estimate of drug-likeness (QED) is 0.801. The largest absolute Gasteiger partial charge is 0.494 e. The smallest absolute Gasteiger partial charge is 0.399 e. The highest BCUT2D eigenvalue weighted by atomic mass is 16.7. The van der Waals surface area contributed by atoms with Gasteiger partial charge in [0.15, 0.2) is 0 Å². The van der Waals surface area contributed by atoms with Crippen molar-refractivity contribution >= 4 is 12.6 Å². The highest BCUT2D eigenvalue weighted by Crippen LogP contribution is 2.36. The second-order valence-corrected chi connectivity index (χ2v) is 6.68. The van der Waals surface area contributed by atoms with Crippen LogP contribution in [0.4, 0.5) is 0 Å². The molecule has 0 bridgehead atoms. The van der Waals surface area contributed by atoms with Crippen LogP contribution in [0.25, 0.3) is 0 Å². The second-order valence-electron chi connectivity index (χ2n) is 6.68. The van der Waals surface area contributed by atoms with Gasteiger partial charge in [-0.1, -0.05) is 24.3 Å². The van der Waals surface area contributed by atoms with Gasteiger partial charge >= 0.3 is 7.12 Å². The van der Waals surface area contributed by atoms with Crippen LogP contribution in [0.15, 0.2) is 24.3 Å². The molecule has 1 aromatic carbocycles. The molecule has 114 valence electrons. The van der Waals surface area contributed by atoms with Crippen LogP contribution in [0.1, 0.15) is 52.0 Å². The molecule has 0 radical (unpaired) electrons. The lowest BCUT2D eigenvalue weighted by Crippen LogP contribution is -2.41. The minimum absolute atomic E-state index is 0.0395. The van der Waals surface area contributed by atoms with Gasteiger partial charge in [-0.3, -0.25) is 0 Å². The van der Waals surface area contributed by atoms with Gasteiger partial charge in [0.1, 0.15) is 0 Å². The normalized spacial score (nSPS) is 19.0. The van der Waals surface area contributed by atoms with E-state index in [1.54, 1.807) is 0 Å². The van der Waals surface area contributed by atoms with Crippen molar-refractivity contribution in [3.05, 3.63) is 29.8 Å². The van der Waals surface area contributed by atoms with Crippen LogP contribution in [0.5, 0.6) is 0 Å². The molecule has 0 aromatic heterocycles. The van der Waals surface area contributed by atoms with Crippen LogP contribution < -0.4 is 5.46 Å². The fraction of sp³-hybridized carbons (Fsp3) is 0.529. The molecule has 22 heavy (non-hydrogen) atoms. The molecule has 0 N–H and O–H groups in total. The fourth-order valence-electron chi connectivity index (χ4n) is 2.43. The first-order valence-corrected chi connectivity index (χ1v) is 7.50. The van der Waals surface area contributed by atoms with Gasteiger partial charge in [0.25, 0.3) is 0 Å². The van der Waals surface area contributed by atoms with Crippen LogP contribution in [0.3, 0.4) is 0 Å². The Hall–Kier alpha value is -1.82. The molecule has 1 aromatic rings. The van der Waals surface area contributed by atoms with Gasteiger partial charge in [-0.2, -0.15) is 10.5 Å². The highest BCUT2D eigenvalue weighted by molar-refractivity contribution is 6.62. The summed E-state index contributed by atoms with van der Waals surface area (Å²) in [5.74, 6) is -0.0395. The van der Waals surface area contributed by atoms with Crippen molar-refractivity contribution in [3.8, 4) is 12.1 Å². The summed E-state index contributed by atoms with van der Waals surface area (Å²) < 4.78 is 12.0. The van der Waals surface area contributed by atoms with E-state index in [9.17, 15) is 0 Å². The third-order valence-electron chi connectivity index (χ3n) is 4.61. The summed E-state index contributed by atoms with van der Waals surface area (Å²) >= 11 is 0. The fourth-order valence-corrected chi connectivity index (χ4v) is 2.43. The molecule has 1 saturated heterocycles. The van der Waals surface area contributed by atoms with E-state index in [-0.39, 0.29) is 24.2 Å². The van der Waals surface area contributed by atoms with Crippen molar-refractivity contribution in [2.75, 3.05) is 0 Å². The molecule has 0 atom stereocenters. The van der Waals surface area contributed by atoms with Gasteiger partial charge in [0.05, 0.1) is 23.3 Å². The van der Waals surface area contributed by atoms with Gasteiger partial charge in [0, 0.05) is 18.8 Å². The average Bonchev–Trinajstić information content (AvgIpc) is 2.67. The molecule has 2 rings (SSSR count). The summed E-state index contributed by atoms with van der Waals surface area (Å²) in [4.78, 5) is 0. The summed E-state index contributed by atoms with van der Waals surface area (Å²) in [6.07, 6.45) is 0.701. The predicted octanol–water partition coefficient (Wildman–Crippen LogP) is 2.90. The maximum Gasteiger partial charge on any atom is 0.494 e. The third kappa shape index (κ3) is 3.17. The Bertz CT molecular complexity index is 579. The van der Waals surface area contributed by atoms with Gasteiger partial charge in [-0.15, -0.1) is 0 Å². The van der Waals surface area contributed by atoms with Crippen molar-refractivity contribution in [1.29, 1.82) is 10.5 Å². The number of hydrogen-bond acceptors (Lipinski definition) is 4. The lowest BCUT2D eigenvalue weighted by molar-refractivity contribution is 0.00578. The minimum atomic E-state index is -0.385. The Morgan fingerprint density at radius 2 is 1.41 bits per heavy atom. The molecule has 1 fully saturated rings. The lowest BCUT2D eigenvalue weighted by Gasteiger charge is -2.32. The molecule has 0 amide bonds. The monoisotopic (exact) mass is 296 g/mol. The highest BCUT2D eigenvalue weighted by Gasteiger charge is 2.51. The van der Waals surface area contributed by atoms with E-state index in [1.807, 2.05) is 52.0 Å². The van der Waals surface area contributed by atoms with Crippen LogP contribution in [-0.4, -0.2) is 18.3 Å². The van der Waals surface area contributed by atoms with Gasteiger partial charge in [0.2, 0.25) is 0 Å². The molecule has 5 heteroatoms. The van der Waals surface area contributed by atoms with Crippen molar-refractivity contribution < 1.29 is 9.31 Å². The topological polar surface area (TPSA) is 66.0 Å². The first kappa shape index (κ1) is 16.6. The predicted molar refractivity (Wildman–Crippen MR) is 85.4 cm³/mol. The van der Waals surface area contributed by atoms with Crippen LogP contribution in [-0.2, 0) is 9.31 Å². The zero-order chi connectivity index (χ0) is 16.4. The maximum atomic E-state index is 8.87. The molecule has 1 aliphatic rings. The summed E-state index contributed by atoms with van der Waals surface area (Å²) in [5, 5.41) is 17.7. The summed E-state index contributed by atoms with van der Waals surface area (Å²) in [5.41, 5.74) is 1.24. The average molecular weight is 296 g/mol. The SMILES string of the molecule is CC1(C)OB(c2ccc(C(CC#N)CC#N)cc2)OC1(C)C. The number of benzene rings is 1. The molecule has 1 aliphatic heterocycles. The van der Waals surface area contributed by atoms with Crippen LogP contribution >= 0.6 is 0 Å². The Morgan fingerprint density at radius 3 is 1.82 bits per heavy atom. The standard InChI is InChI=1S/C17H21BN2O2/c1-16(2)17(3,4)22-18(21-16)15-7-5-13(6-8-15)14(9-11-19)10-12-20/h5-8,14H,9-10H2,1-4H3. The Balaban J connectivity index is 2.17. The first-order chi connectivity index (χ1) is 10.3. The van der Waals surface area contributed by atoms with E-state index in [0.29, 0.717) is 12.8 Å². The third-order valence-corrected chi connectivity index (χ3v) is 4.61. The minimum Gasteiger partial charge on any atom is -0.399 e. The van der Waals surface area contributed by atoms with E-state index in [4.69, 9.17) is 19.8 Å². The molecule has 0 spiro atoms. The van der Waals surface area contributed by atoms with Crippen molar-refractivity contribution in [2.45, 2.75) is 57.7 Å². The van der Waals surface area contributed by atoms with Crippen molar-refractivity contribution in [2.24, 2.45) is 0 Å². The number of rotatable bonds is 4. The van der Waals surface area contributed by atoms with Crippen molar-refractivity contribution in [1.82, 2.24) is 0 Å². The first-order valence-electron chi connectivity index (χ1n) is 7.50. The Kier molecular flexibility index (Phi) is 4.61. The molecular weight excluding hydrogens is 275 g/mol. The number of hydrogen-bond donors (Lipinski definition) is 0. The van der Waals surface area contributed by atoms with E-state index in [1.165, 1.54) is 0 Å². The molecule has 0 aliphatic carbocycles. The van der Waals surface area contributed by atoms with E-state index >= 15 is 0 Å². The zero-order valence-electron chi connectivity index (χ0n) is 13.6. The van der Waals surface area contributed by atoms with E-state index in [0.717, 1.165) is 11.0 Å². The zero-order valence-corrected chi connectivity index (χ0v) is 13.6. The van der Waals surface area contributed by atoms with Gasteiger partial charge in [-0.05, 0) is 38.7 Å². The maximum absolute atomic E-state index is 8.87. The van der Waals surface area contributed by atoms with Gasteiger partial charge in [-0.25, -0.2) is 0 Å². The Labute approximate surface area is 132 Å². The summed E-state index contributed by atoms with van der Waals surface area (Å²) in [7, 11) is -0.385. The summed E-state index contributed by atoms with van der Waals surface area (Å²) in [6.45, 7) is 8.10. The van der Waals surface area contributed by atoms with E-state index in [2.05, 4.69) is 12.1 Å². The van der Waals surface area contributed by atoms with Crippen LogP contribution in [0.2, 0.25) is 0 Å². The molecular formula is C17H21BN2O2. The molecule has 4 nitrogen and oxygen atoms in total. The number of nitriles is 2.